The smallest absolute Gasteiger partial charge is 0.192 e. The van der Waals surface area contributed by atoms with E-state index in [0.29, 0.717) is 48.4 Å². The molecule has 236 valence electrons. The zero-order valence-electron chi connectivity index (χ0n) is 26.4. The number of pyridine rings is 1. The van der Waals surface area contributed by atoms with Crippen LogP contribution in [0, 0.1) is 11.6 Å². The molecule has 0 radical (unpaired) electrons. The van der Waals surface area contributed by atoms with E-state index in [4.69, 9.17) is 24.0 Å². The zero-order valence-corrected chi connectivity index (χ0v) is 27.4. The van der Waals surface area contributed by atoms with Gasteiger partial charge in [0, 0.05) is 41.2 Å². The SMILES string of the molecule is CCOc1cc(F)c(Cn2nc(-c3ncc(OCCO[Si](C)(C)C(C)(C)C)c(Nc4ccncc4)n3)c3ccccc32)c(F)c1. The summed E-state index contributed by atoms with van der Waals surface area (Å²) in [6.07, 6.45) is 4.94. The lowest BCUT2D eigenvalue weighted by atomic mass is 10.1. The Morgan fingerprint density at radius 2 is 1.67 bits per heavy atom. The fraction of sp³-hybridized carbons (Fsp3) is 0.333. The lowest BCUT2D eigenvalue weighted by molar-refractivity contribution is 0.203. The Kier molecular flexibility index (Phi) is 9.44. The van der Waals surface area contributed by atoms with Crippen LogP contribution in [0.1, 0.15) is 33.3 Å². The second-order valence-corrected chi connectivity index (χ2v) is 16.9. The van der Waals surface area contributed by atoms with Crippen LogP contribution in [0.25, 0.3) is 22.4 Å². The van der Waals surface area contributed by atoms with Crippen LogP contribution >= 0.6 is 0 Å². The molecule has 0 fully saturated rings. The van der Waals surface area contributed by atoms with E-state index in [2.05, 4.69) is 49.1 Å². The van der Waals surface area contributed by atoms with Gasteiger partial charge < -0.3 is 19.2 Å². The maximum Gasteiger partial charge on any atom is 0.192 e. The van der Waals surface area contributed by atoms with E-state index in [1.54, 1.807) is 30.2 Å². The molecule has 2 aromatic carbocycles. The van der Waals surface area contributed by atoms with Crippen LogP contribution in [0.5, 0.6) is 11.5 Å². The van der Waals surface area contributed by atoms with Crippen LogP contribution in [0.3, 0.4) is 0 Å². The number of aromatic nitrogens is 5. The van der Waals surface area contributed by atoms with Gasteiger partial charge in [-0.1, -0.05) is 39.0 Å². The van der Waals surface area contributed by atoms with Gasteiger partial charge in [-0.2, -0.15) is 5.10 Å². The first-order valence-corrected chi connectivity index (χ1v) is 17.7. The number of benzene rings is 2. The molecule has 0 saturated carbocycles. The molecule has 0 aliphatic rings. The quantitative estimate of drug-likeness (QED) is 0.110. The second kappa shape index (κ2) is 13.3. The molecule has 0 aliphatic heterocycles. The van der Waals surface area contributed by atoms with Crippen molar-refractivity contribution in [3.63, 3.8) is 0 Å². The van der Waals surface area contributed by atoms with Gasteiger partial charge in [0.2, 0.25) is 0 Å². The molecule has 0 aliphatic carbocycles. The van der Waals surface area contributed by atoms with Crippen molar-refractivity contribution in [2.45, 2.75) is 52.4 Å². The highest BCUT2D eigenvalue weighted by molar-refractivity contribution is 6.74. The van der Waals surface area contributed by atoms with Crippen molar-refractivity contribution in [3.8, 4) is 23.0 Å². The molecule has 1 N–H and O–H groups in total. The van der Waals surface area contributed by atoms with Crippen LogP contribution < -0.4 is 14.8 Å². The number of fused-ring (bicyclic) bond motifs is 1. The van der Waals surface area contributed by atoms with Gasteiger partial charge in [0.25, 0.3) is 0 Å². The Balaban J connectivity index is 1.47. The molecule has 5 rings (SSSR count). The van der Waals surface area contributed by atoms with Crippen molar-refractivity contribution >= 4 is 30.7 Å². The summed E-state index contributed by atoms with van der Waals surface area (Å²) in [5, 5.41) is 8.85. The largest absolute Gasteiger partial charge is 0.494 e. The molecule has 0 unspecified atom stereocenters. The number of ether oxygens (including phenoxy) is 2. The van der Waals surface area contributed by atoms with Crippen molar-refractivity contribution in [1.29, 1.82) is 0 Å². The third-order valence-corrected chi connectivity index (χ3v) is 12.4. The molecule has 12 heteroatoms. The minimum Gasteiger partial charge on any atom is -0.494 e. The third-order valence-electron chi connectivity index (χ3n) is 7.91. The predicted molar refractivity (Wildman–Crippen MR) is 174 cm³/mol. The monoisotopic (exact) mass is 632 g/mol. The Labute approximate surface area is 262 Å². The van der Waals surface area contributed by atoms with Gasteiger partial charge in [-0.05, 0) is 43.3 Å². The van der Waals surface area contributed by atoms with Crippen LogP contribution in [0.2, 0.25) is 18.1 Å². The molecule has 0 bridgehead atoms. The van der Waals surface area contributed by atoms with Gasteiger partial charge in [-0.15, -0.1) is 0 Å². The normalized spacial score (nSPS) is 12.0. The van der Waals surface area contributed by atoms with Gasteiger partial charge in [-0.25, -0.2) is 18.7 Å². The van der Waals surface area contributed by atoms with Gasteiger partial charge in [0.1, 0.15) is 29.7 Å². The molecule has 0 spiro atoms. The fourth-order valence-corrected chi connectivity index (χ4v) is 5.49. The highest BCUT2D eigenvalue weighted by Gasteiger charge is 2.37. The number of anilines is 2. The molecular weight excluding hydrogens is 594 g/mol. The molecule has 9 nitrogen and oxygen atoms in total. The van der Waals surface area contributed by atoms with Gasteiger partial charge in [0.05, 0.1) is 31.5 Å². The lowest BCUT2D eigenvalue weighted by Gasteiger charge is -2.36. The van der Waals surface area contributed by atoms with E-state index in [0.717, 1.165) is 11.1 Å². The maximum atomic E-state index is 15.0. The van der Waals surface area contributed by atoms with Gasteiger partial charge >= 0.3 is 0 Å². The molecule has 3 heterocycles. The van der Waals surface area contributed by atoms with E-state index >= 15 is 0 Å². The van der Waals surface area contributed by atoms with E-state index in [9.17, 15) is 8.78 Å². The molecule has 45 heavy (non-hydrogen) atoms. The Bertz CT molecular complexity index is 1750. The standard InChI is InChI=1S/C33H38F2N6O3Si/c1-7-42-23-18-26(34)25(27(35)19-23)21-41-28-11-9-8-10-24(28)30(40-41)32-37-20-29(31(39-32)38-22-12-14-36-15-13-22)43-16-17-44-45(5,6)33(2,3)4/h8-15,18-20H,7,16-17,21H2,1-6H3,(H,36,37,38,39). The second-order valence-electron chi connectivity index (χ2n) is 12.0. The van der Waals surface area contributed by atoms with Crippen molar-refractivity contribution < 1.29 is 22.7 Å². The molecular formula is C33H38F2N6O3Si. The molecule has 0 saturated heterocycles. The Morgan fingerprint density at radius 3 is 2.36 bits per heavy atom. The number of hydrogen-bond acceptors (Lipinski definition) is 8. The number of hydrogen-bond donors (Lipinski definition) is 1. The van der Waals surface area contributed by atoms with Crippen molar-refractivity contribution in [2.75, 3.05) is 25.1 Å². The summed E-state index contributed by atoms with van der Waals surface area (Å²) in [6.45, 7) is 13.6. The molecule has 3 aromatic heterocycles. The van der Waals surface area contributed by atoms with E-state index in [-0.39, 0.29) is 22.9 Å². The fourth-order valence-electron chi connectivity index (χ4n) is 4.46. The summed E-state index contributed by atoms with van der Waals surface area (Å²) in [6, 6.07) is 13.4. The number of para-hydroxylation sites is 1. The third kappa shape index (κ3) is 7.29. The summed E-state index contributed by atoms with van der Waals surface area (Å²) in [5.41, 5.74) is 1.77. The first kappa shape index (κ1) is 32.0. The summed E-state index contributed by atoms with van der Waals surface area (Å²) >= 11 is 0. The highest BCUT2D eigenvalue weighted by atomic mass is 28.4. The van der Waals surface area contributed by atoms with Crippen LogP contribution in [0.15, 0.2) is 67.1 Å². The van der Waals surface area contributed by atoms with E-state index in [1.807, 2.05) is 36.4 Å². The average molecular weight is 633 g/mol. The summed E-state index contributed by atoms with van der Waals surface area (Å²) in [4.78, 5) is 13.5. The summed E-state index contributed by atoms with van der Waals surface area (Å²) in [7, 11) is -1.93. The predicted octanol–water partition coefficient (Wildman–Crippen LogP) is 7.76. The summed E-state index contributed by atoms with van der Waals surface area (Å²) in [5.74, 6) is -0.0902. The van der Waals surface area contributed by atoms with Crippen LogP contribution in [-0.2, 0) is 11.0 Å². The first-order chi connectivity index (χ1) is 21.5. The molecule has 0 amide bonds. The number of rotatable bonds is 12. The Morgan fingerprint density at radius 1 is 0.956 bits per heavy atom. The van der Waals surface area contributed by atoms with Gasteiger partial charge in [-0.3, -0.25) is 9.67 Å². The number of halogens is 2. The highest BCUT2D eigenvalue weighted by Crippen LogP contribution is 2.37. The van der Waals surface area contributed by atoms with E-state index in [1.165, 1.54) is 12.1 Å². The summed E-state index contributed by atoms with van der Waals surface area (Å²) < 4.78 is 49.2. The molecule has 0 atom stereocenters. The number of nitrogens with zero attached hydrogens (tertiary/aromatic N) is 5. The average Bonchev–Trinajstić information content (AvgIpc) is 3.36. The zero-order chi connectivity index (χ0) is 32.2. The Hall–Kier alpha value is -4.42. The topological polar surface area (TPSA) is 96.2 Å². The molecule has 5 aromatic rings. The van der Waals surface area contributed by atoms with E-state index < -0.39 is 20.0 Å². The van der Waals surface area contributed by atoms with Crippen LogP contribution in [-0.4, -0.2) is 52.9 Å². The van der Waals surface area contributed by atoms with Crippen LogP contribution in [0.4, 0.5) is 20.3 Å². The maximum absolute atomic E-state index is 15.0. The van der Waals surface area contributed by atoms with Crippen molar-refractivity contribution in [1.82, 2.24) is 24.7 Å². The van der Waals surface area contributed by atoms with Gasteiger partial charge in [0.15, 0.2) is 25.7 Å². The van der Waals surface area contributed by atoms with Crippen molar-refractivity contribution in [3.05, 3.63) is 84.3 Å². The minimum atomic E-state index is -1.93. The minimum absolute atomic E-state index is 0.0858. The first-order valence-electron chi connectivity index (χ1n) is 14.8. The lowest BCUT2D eigenvalue weighted by Crippen LogP contribution is -2.41. The number of nitrogens with one attached hydrogen (secondary N) is 1. The van der Waals surface area contributed by atoms with Crippen molar-refractivity contribution in [2.24, 2.45) is 0 Å².